The minimum Gasteiger partial charge on any atom is -0.338 e. The maximum Gasteiger partial charge on any atom is 0.253 e. The molecule has 0 aromatic heterocycles. The third-order valence-electron chi connectivity index (χ3n) is 3.84. The average molecular weight is 330 g/mol. The second kappa shape index (κ2) is 4.83. The van der Waals surface area contributed by atoms with Crippen molar-refractivity contribution in [2.75, 3.05) is 26.2 Å². The fraction of sp³-hybridized carbons (Fsp3) is 0.462. The lowest BCUT2D eigenvalue weighted by Gasteiger charge is -2.17. The Morgan fingerprint density at radius 2 is 2.00 bits per heavy atom. The first-order valence-electron chi connectivity index (χ1n) is 6.10. The number of nitrogens with zero attached hydrogens (tertiary/aromatic N) is 1. The van der Waals surface area contributed by atoms with E-state index in [-0.39, 0.29) is 5.91 Å². The molecule has 2 heterocycles. The molecule has 2 saturated heterocycles. The molecule has 18 heavy (non-hydrogen) atoms. The van der Waals surface area contributed by atoms with Crippen molar-refractivity contribution < 1.29 is 4.79 Å². The molecule has 0 saturated carbocycles. The van der Waals surface area contributed by atoms with Crippen LogP contribution in [-0.2, 0) is 0 Å². The van der Waals surface area contributed by atoms with Gasteiger partial charge in [-0.2, -0.15) is 0 Å². The Morgan fingerprint density at radius 1 is 1.33 bits per heavy atom. The number of hydrogen-bond donors (Lipinski definition) is 1. The number of benzene rings is 1. The van der Waals surface area contributed by atoms with E-state index < -0.39 is 0 Å². The van der Waals surface area contributed by atoms with E-state index in [4.69, 9.17) is 11.6 Å². The first kappa shape index (κ1) is 12.5. The SMILES string of the molecule is O=C(c1ccc(Br)c(Cl)c1)N1C[C@H]2CNC[C@H]2C1. The predicted molar refractivity (Wildman–Crippen MR) is 74.9 cm³/mol. The van der Waals surface area contributed by atoms with Crippen LogP contribution in [0.25, 0.3) is 0 Å². The summed E-state index contributed by atoms with van der Waals surface area (Å²) in [6.07, 6.45) is 0. The van der Waals surface area contributed by atoms with Crippen molar-refractivity contribution in [3.63, 3.8) is 0 Å². The van der Waals surface area contributed by atoms with Crippen molar-refractivity contribution in [1.29, 1.82) is 0 Å². The van der Waals surface area contributed by atoms with E-state index >= 15 is 0 Å². The van der Waals surface area contributed by atoms with Gasteiger partial charge in [0.05, 0.1) is 5.02 Å². The van der Waals surface area contributed by atoms with Gasteiger partial charge in [-0.3, -0.25) is 4.79 Å². The van der Waals surface area contributed by atoms with Crippen molar-refractivity contribution in [3.8, 4) is 0 Å². The molecule has 2 fully saturated rings. The molecule has 0 aliphatic carbocycles. The highest BCUT2D eigenvalue weighted by atomic mass is 79.9. The molecular formula is C13H14BrClN2O. The highest BCUT2D eigenvalue weighted by Gasteiger charge is 2.38. The number of rotatable bonds is 1. The third-order valence-corrected chi connectivity index (χ3v) is 5.08. The Morgan fingerprint density at radius 3 is 2.61 bits per heavy atom. The largest absolute Gasteiger partial charge is 0.338 e. The first-order chi connectivity index (χ1) is 8.65. The minimum atomic E-state index is 0.0961. The first-order valence-corrected chi connectivity index (χ1v) is 7.27. The summed E-state index contributed by atoms with van der Waals surface area (Å²) in [7, 11) is 0. The monoisotopic (exact) mass is 328 g/mol. The van der Waals surface area contributed by atoms with Crippen LogP contribution in [0.4, 0.5) is 0 Å². The van der Waals surface area contributed by atoms with Crippen LogP contribution in [0.1, 0.15) is 10.4 Å². The van der Waals surface area contributed by atoms with Crippen LogP contribution in [0.15, 0.2) is 22.7 Å². The molecule has 0 bridgehead atoms. The molecule has 2 aliphatic heterocycles. The number of carbonyl (C=O) groups excluding carboxylic acids is 1. The predicted octanol–water partition coefficient (Wildman–Crippen LogP) is 2.39. The zero-order valence-corrected chi connectivity index (χ0v) is 12.2. The summed E-state index contributed by atoms with van der Waals surface area (Å²) in [6.45, 7) is 3.81. The van der Waals surface area contributed by atoms with E-state index in [1.165, 1.54) is 0 Å². The molecule has 1 aromatic rings. The van der Waals surface area contributed by atoms with Gasteiger partial charge in [0.2, 0.25) is 0 Å². The number of hydrogen-bond acceptors (Lipinski definition) is 2. The normalized spacial score (nSPS) is 26.4. The summed E-state index contributed by atoms with van der Waals surface area (Å²) >= 11 is 9.37. The van der Waals surface area contributed by atoms with Crippen LogP contribution in [0.5, 0.6) is 0 Å². The van der Waals surface area contributed by atoms with Crippen molar-refractivity contribution in [2.45, 2.75) is 0 Å². The smallest absolute Gasteiger partial charge is 0.253 e. The van der Waals surface area contributed by atoms with Gasteiger partial charge in [0.25, 0.3) is 5.91 Å². The van der Waals surface area contributed by atoms with Gasteiger partial charge in [0, 0.05) is 36.2 Å². The number of halogens is 2. The number of carbonyl (C=O) groups is 1. The standard InChI is InChI=1S/C13H14BrClN2O/c14-11-2-1-8(3-12(11)15)13(18)17-6-9-4-16-5-10(9)7-17/h1-3,9-10,16H,4-7H2/t9-,10+. The zero-order valence-electron chi connectivity index (χ0n) is 9.83. The molecule has 0 radical (unpaired) electrons. The lowest BCUT2D eigenvalue weighted by Crippen LogP contribution is -2.31. The van der Waals surface area contributed by atoms with Crippen LogP contribution in [0, 0.1) is 11.8 Å². The summed E-state index contributed by atoms with van der Waals surface area (Å²) in [6, 6.07) is 5.39. The number of amides is 1. The molecule has 0 unspecified atom stereocenters. The van der Waals surface area contributed by atoms with Gasteiger partial charge in [0.15, 0.2) is 0 Å². The molecule has 2 aliphatic rings. The Balaban J connectivity index is 1.77. The molecule has 96 valence electrons. The molecule has 1 N–H and O–H groups in total. The second-order valence-electron chi connectivity index (χ2n) is 5.02. The zero-order chi connectivity index (χ0) is 12.7. The highest BCUT2D eigenvalue weighted by Crippen LogP contribution is 2.29. The van der Waals surface area contributed by atoms with Gasteiger partial charge in [-0.05, 0) is 46.0 Å². The van der Waals surface area contributed by atoms with E-state index in [0.29, 0.717) is 22.4 Å². The van der Waals surface area contributed by atoms with Gasteiger partial charge >= 0.3 is 0 Å². The van der Waals surface area contributed by atoms with Crippen LogP contribution in [0.2, 0.25) is 5.02 Å². The van der Waals surface area contributed by atoms with E-state index in [9.17, 15) is 4.79 Å². The second-order valence-corrected chi connectivity index (χ2v) is 6.28. The molecular weight excluding hydrogens is 316 g/mol. The van der Waals surface area contributed by atoms with Crippen molar-refractivity contribution >= 4 is 33.4 Å². The van der Waals surface area contributed by atoms with Crippen LogP contribution >= 0.6 is 27.5 Å². The Hall–Kier alpha value is -0.580. The third kappa shape index (κ3) is 2.17. The van der Waals surface area contributed by atoms with Crippen LogP contribution < -0.4 is 5.32 Å². The summed E-state index contributed by atoms with van der Waals surface area (Å²) in [4.78, 5) is 14.3. The molecule has 5 heteroatoms. The molecule has 3 nitrogen and oxygen atoms in total. The Kier molecular flexibility index (Phi) is 3.34. The number of likely N-dealkylation sites (tertiary alicyclic amines) is 1. The Bertz CT molecular complexity index is 482. The quantitative estimate of drug-likeness (QED) is 0.858. The van der Waals surface area contributed by atoms with Gasteiger partial charge in [-0.1, -0.05) is 11.6 Å². The van der Waals surface area contributed by atoms with E-state index in [1.54, 1.807) is 6.07 Å². The lowest BCUT2D eigenvalue weighted by atomic mass is 10.0. The Labute approximate surface area is 120 Å². The van der Waals surface area contributed by atoms with E-state index in [2.05, 4.69) is 21.2 Å². The molecule has 1 amide bonds. The van der Waals surface area contributed by atoms with Crippen molar-refractivity contribution in [3.05, 3.63) is 33.3 Å². The minimum absolute atomic E-state index is 0.0961. The molecule has 1 aromatic carbocycles. The molecule has 2 atom stereocenters. The van der Waals surface area contributed by atoms with Gasteiger partial charge in [0.1, 0.15) is 0 Å². The van der Waals surface area contributed by atoms with Crippen LogP contribution in [-0.4, -0.2) is 37.0 Å². The lowest BCUT2D eigenvalue weighted by molar-refractivity contribution is 0.0781. The summed E-state index contributed by atoms with van der Waals surface area (Å²) in [5.41, 5.74) is 0.677. The molecule has 3 rings (SSSR count). The fourth-order valence-electron chi connectivity index (χ4n) is 2.83. The summed E-state index contributed by atoms with van der Waals surface area (Å²) in [5.74, 6) is 1.35. The maximum atomic E-state index is 12.4. The maximum absolute atomic E-state index is 12.4. The highest BCUT2D eigenvalue weighted by molar-refractivity contribution is 9.10. The van der Waals surface area contributed by atoms with Crippen LogP contribution in [0.3, 0.4) is 0 Å². The topological polar surface area (TPSA) is 32.3 Å². The number of fused-ring (bicyclic) bond motifs is 1. The fourth-order valence-corrected chi connectivity index (χ4v) is 3.26. The average Bonchev–Trinajstić information content (AvgIpc) is 2.92. The van der Waals surface area contributed by atoms with Crippen molar-refractivity contribution in [2.24, 2.45) is 11.8 Å². The van der Waals surface area contributed by atoms with E-state index in [0.717, 1.165) is 30.7 Å². The van der Waals surface area contributed by atoms with Gasteiger partial charge in [-0.25, -0.2) is 0 Å². The number of nitrogens with one attached hydrogen (secondary N) is 1. The summed E-state index contributed by atoms with van der Waals surface area (Å²) < 4.78 is 0.822. The van der Waals surface area contributed by atoms with Crippen molar-refractivity contribution in [1.82, 2.24) is 10.2 Å². The van der Waals surface area contributed by atoms with Gasteiger partial charge < -0.3 is 10.2 Å². The van der Waals surface area contributed by atoms with Gasteiger partial charge in [-0.15, -0.1) is 0 Å². The van der Waals surface area contributed by atoms with E-state index in [1.807, 2.05) is 17.0 Å². The summed E-state index contributed by atoms with van der Waals surface area (Å²) in [5, 5.41) is 3.96. The molecule has 0 spiro atoms.